The summed E-state index contributed by atoms with van der Waals surface area (Å²) in [6.07, 6.45) is 6.35. The molecule has 7 nitrogen and oxygen atoms in total. The highest BCUT2D eigenvalue weighted by molar-refractivity contribution is 7.92. The third kappa shape index (κ3) is 5.64. The van der Waals surface area contributed by atoms with Crippen LogP contribution in [0.15, 0.2) is 41.3 Å². The van der Waals surface area contributed by atoms with E-state index < -0.39 is 10.0 Å². The largest absolute Gasteiger partial charge is 0.326 e. The number of amides is 1. The van der Waals surface area contributed by atoms with Crippen molar-refractivity contribution in [2.24, 2.45) is 5.92 Å². The SMILES string of the molecule is O=C(CC1CCCCC1)Nc1ccc(S(=O)(=O)Nc2ccc(Cl)nn2)cc1. The van der Waals surface area contributed by atoms with Crippen molar-refractivity contribution in [3.63, 3.8) is 0 Å². The zero-order valence-corrected chi connectivity index (χ0v) is 16.3. The molecule has 2 aromatic rings. The van der Waals surface area contributed by atoms with E-state index >= 15 is 0 Å². The van der Waals surface area contributed by atoms with Gasteiger partial charge in [-0.25, -0.2) is 8.42 Å². The van der Waals surface area contributed by atoms with E-state index in [-0.39, 0.29) is 21.8 Å². The predicted molar refractivity (Wildman–Crippen MR) is 104 cm³/mol. The van der Waals surface area contributed by atoms with Gasteiger partial charge in [-0.05, 0) is 55.2 Å². The Balaban J connectivity index is 1.60. The molecule has 144 valence electrons. The fourth-order valence-corrected chi connectivity index (χ4v) is 4.25. The van der Waals surface area contributed by atoms with Crippen molar-refractivity contribution < 1.29 is 13.2 Å². The first-order valence-corrected chi connectivity index (χ1v) is 10.7. The lowest BCUT2D eigenvalue weighted by atomic mass is 9.87. The molecule has 0 unspecified atom stereocenters. The Labute approximate surface area is 163 Å². The highest BCUT2D eigenvalue weighted by atomic mass is 35.5. The molecule has 1 amide bonds. The molecule has 1 heterocycles. The minimum absolute atomic E-state index is 0.0351. The van der Waals surface area contributed by atoms with Gasteiger partial charge < -0.3 is 5.32 Å². The van der Waals surface area contributed by atoms with E-state index in [1.807, 2.05) is 0 Å². The molecule has 2 N–H and O–H groups in total. The van der Waals surface area contributed by atoms with Crippen molar-refractivity contribution in [3.8, 4) is 0 Å². The van der Waals surface area contributed by atoms with Crippen LogP contribution in [0.4, 0.5) is 11.5 Å². The number of halogens is 1. The number of carbonyl (C=O) groups excluding carboxylic acids is 1. The van der Waals surface area contributed by atoms with Crippen LogP contribution in [0.2, 0.25) is 5.15 Å². The van der Waals surface area contributed by atoms with Gasteiger partial charge in [0.2, 0.25) is 5.91 Å². The minimum atomic E-state index is -3.80. The molecular weight excluding hydrogens is 388 g/mol. The highest BCUT2D eigenvalue weighted by Gasteiger charge is 2.18. The number of nitrogens with one attached hydrogen (secondary N) is 2. The first-order valence-electron chi connectivity index (χ1n) is 8.84. The van der Waals surface area contributed by atoms with Gasteiger partial charge in [0.25, 0.3) is 10.0 Å². The van der Waals surface area contributed by atoms with Crippen molar-refractivity contribution in [2.75, 3.05) is 10.0 Å². The summed E-state index contributed by atoms with van der Waals surface area (Å²) in [5.74, 6) is 0.486. The molecule has 0 spiro atoms. The van der Waals surface area contributed by atoms with Gasteiger partial charge in [0.05, 0.1) is 4.90 Å². The molecule has 1 aromatic carbocycles. The molecule has 0 saturated heterocycles. The Morgan fingerprint density at radius 1 is 1.04 bits per heavy atom. The van der Waals surface area contributed by atoms with Gasteiger partial charge in [-0.3, -0.25) is 9.52 Å². The number of benzene rings is 1. The van der Waals surface area contributed by atoms with Crippen molar-refractivity contribution in [1.29, 1.82) is 0 Å². The summed E-state index contributed by atoms with van der Waals surface area (Å²) in [5, 5.41) is 10.3. The number of nitrogens with zero attached hydrogens (tertiary/aromatic N) is 2. The number of carbonyl (C=O) groups is 1. The zero-order valence-electron chi connectivity index (χ0n) is 14.7. The van der Waals surface area contributed by atoms with Crippen LogP contribution in [0.5, 0.6) is 0 Å². The maximum Gasteiger partial charge on any atom is 0.263 e. The molecular formula is C18H21ClN4O3S. The summed E-state index contributed by atoms with van der Waals surface area (Å²) in [4.78, 5) is 12.2. The van der Waals surface area contributed by atoms with Crippen LogP contribution in [0, 0.1) is 5.92 Å². The molecule has 1 aliphatic rings. The number of hydrogen-bond acceptors (Lipinski definition) is 5. The van der Waals surface area contributed by atoms with Gasteiger partial charge >= 0.3 is 0 Å². The van der Waals surface area contributed by atoms with Crippen LogP contribution in [-0.2, 0) is 14.8 Å². The smallest absolute Gasteiger partial charge is 0.263 e. The van der Waals surface area contributed by atoms with Crippen molar-refractivity contribution in [2.45, 2.75) is 43.4 Å². The number of anilines is 2. The summed E-state index contributed by atoms with van der Waals surface area (Å²) >= 11 is 5.63. The summed E-state index contributed by atoms with van der Waals surface area (Å²) in [6.45, 7) is 0. The lowest BCUT2D eigenvalue weighted by Crippen LogP contribution is -2.18. The maximum atomic E-state index is 12.4. The minimum Gasteiger partial charge on any atom is -0.326 e. The fourth-order valence-electron chi connectivity index (χ4n) is 3.15. The van der Waals surface area contributed by atoms with Crippen molar-refractivity contribution in [1.82, 2.24) is 10.2 Å². The summed E-state index contributed by atoms with van der Waals surface area (Å²) in [5.41, 5.74) is 0.570. The topological polar surface area (TPSA) is 101 Å². The molecule has 0 atom stereocenters. The third-order valence-corrected chi connectivity index (χ3v) is 6.09. The van der Waals surface area contributed by atoms with Crippen LogP contribution in [-0.4, -0.2) is 24.5 Å². The first-order chi connectivity index (χ1) is 12.9. The molecule has 1 fully saturated rings. The normalized spacial score (nSPS) is 15.3. The van der Waals surface area contributed by atoms with Gasteiger partial charge in [0.15, 0.2) is 11.0 Å². The summed E-state index contributed by atoms with van der Waals surface area (Å²) < 4.78 is 27.1. The van der Waals surface area contributed by atoms with Gasteiger partial charge in [0.1, 0.15) is 0 Å². The van der Waals surface area contributed by atoms with Gasteiger partial charge in [-0.15, -0.1) is 10.2 Å². The number of sulfonamides is 1. The Kier molecular flexibility index (Phi) is 6.28. The van der Waals surface area contributed by atoms with Crippen LogP contribution in [0.1, 0.15) is 38.5 Å². The number of aromatic nitrogens is 2. The van der Waals surface area contributed by atoms with Crippen LogP contribution in [0.25, 0.3) is 0 Å². The van der Waals surface area contributed by atoms with E-state index in [2.05, 4.69) is 20.2 Å². The van der Waals surface area contributed by atoms with Gasteiger partial charge in [0, 0.05) is 12.1 Å². The van der Waals surface area contributed by atoms with Crippen LogP contribution in [0.3, 0.4) is 0 Å². The van der Waals surface area contributed by atoms with Crippen molar-refractivity contribution in [3.05, 3.63) is 41.6 Å². The third-order valence-electron chi connectivity index (χ3n) is 4.52. The molecule has 1 aliphatic carbocycles. The Hall–Kier alpha value is -2.19. The molecule has 0 radical (unpaired) electrons. The van der Waals surface area contributed by atoms with Gasteiger partial charge in [-0.2, -0.15) is 0 Å². The standard InChI is InChI=1S/C18H21ClN4O3S/c19-16-10-11-17(22-21-16)23-27(25,26)15-8-6-14(7-9-15)20-18(24)12-13-4-2-1-3-5-13/h6-11,13H,1-5,12H2,(H,20,24)(H,22,23). The monoisotopic (exact) mass is 408 g/mol. The average Bonchev–Trinajstić information content (AvgIpc) is 2.65. The fraction of sp³-hybridized carbons (Fsp3) is 0.389. The van der Waals surface area contributed by atoms with E-state index in [1.165, 1.54) is 43.5 Å². The van der Waals surface area contributed by atoms with Crippen LogP contribution >= 0.6 is 11.6 Å². The molecule has 0 bridgehead atoms. The zero-order chi connectivity index (χ0) is 19.3. The quantitative estimate of drug-likeness (QED) is 0.756. The maximum absolute atomic E-state index is 12.4. The second kappa shape index (κ2) is 8.67. The Bertz CT molecular complexity index is 880. The van der Waals surface area contributed by atoms with E-state index in [4.69, 9.17) is 11.6 Å². The van der Waals surface area contributed by atoms with Crippen molar-refractivity contribution >= 4 is 39.0 Å². The molecule has 9 heteroatoms. The Morgan fingerprint density at radius 2 is 1.74 bits per heavy atom. The summed E-state index contributed by atoms with van der Waals surface area (Å²) in [7, 11) is -3.80. The second-order valence-electron chi connectivity index (χ2n) is 6.63. The van der Waals surface area contributed by atoms with E-state index in [1.54, 1.807) is 12.1 Å². The lowest BCUT2D eigenvalue weighted by Gasteiger charge is -2.20. The molecule has 3 rings (SSSR count). The van der Waals surface area contributed by atoms with E-state index in [9.17, 15) is 13.2 Å². The predicted octanol–water partition coefficient (Wildman–Crippen LogP) is 3.84. The molecule has 1 saturated carbocycles. The number of hydrogen-bond donors (Lipinski definition) is 2. The van der Waals surface area contributed by atoms with E-state index in [0.717, 1.165) is 12.8 Å². The average molecular weight is 409 g/mol. The molecule has 0 aliphatic heterocycles. The lowest BCUT2D eigenvalue weighted by molar-refractivity contribution is -0.117. The second-order valence-corrected chi connectivity index (χ2v) is 8.70. The molecule has 1 aromatic heterocycles. The highest BCUT2D eigenvalue weighted by Crippen LogP contribution is 2.26. The number of rotatable bonds is 6. The first kappa shape index (κ1) is 19.6. The van der Waals surface area contributed by atoms with E-state index in [0.29, 0.717) is 18.0 Å². The molecule has 27 heavy (non-hydrogen) atoms. The van der Waals surface area contributed by atoms with Crippen LogP contribution < -0.4 is 10.0 Å². The Morgan fingerprint density at radius 3 is 2.37 bits per heavy atom. The van der Waals surface area contributed by atoms with Gasteiger partial charge in [-0.1, -0.05) is 30.9 Å². The summed E-state index contributed by atoms with van der Waals surface area (Å²) in [6, 6.07) is 8.87.